The van der Waals surface area contributed by atoms with Crippen LogP contribution in [0.25, 0.3) is 0 Å². The molecule has 0 fully saturated rings. The van der Waals surface area contributed by atoms with E-state index in [0.29, 0.717) is 5.56 Å². The van der Waals surface area contributed by atoms with Gasteiger partial charge in [0, 0.05) is 19.2 Å². The van der Waals surface area contributed by atoms with Gasteiger partial charge in [-0.25, -0.2) is 9.37 Å². The van der Waals surface area contributed by atoms with Gasteiger partial charge in [-0.05, 0) is 24.6 Å². The van der Waals surface area contributed by atoms with E-state index >= 15 is 0 Å². The molecule has 110 valence electrons. The Kier molecular flexibility index (Phi) is 4.32. The minimum absolute atomic E-state index is 0.0563. The van der Waals surface area contributed by atoms with Crippen LogP contribution in [0.2, 0.25) is 5.28 Å². The first-order valence-corrected chi connectivity index (χ1v) is 6.41. The molecule has 0 bridgehead atoms. The van der Waals surface area contributed by atoms with Crippen LogP contribution >= 0.6 is 11.6 Å². The van der Waals surface area contributed by atoms with E-state index in [9.17, 15) is 14.5 Å². The highest BCUT2D eigenvalue weighted by Gasteiger charge is 2.24. The molecule has 0 aliphatic heterocycles. The number of hydrogen-bond donors (Lipinski definition) is 0. The third kappa shape index (κ3) is 3.25. The van der Waals surface area contributed by atoms with E-state index in [1.165, 1.54) is 17.9 Å². The lowest BCUT2D eigenvalue weighted by molar-refractivity contribution is -0.385. The second-order valence-electron chi connectivity index (χ2n) is 4.45. The minimum atomic E-state index is -0.571. The second-order valence-corrected chi connectivity index (χ2v) is 4.79. The molecular weight excluding hydrogens is 299 g/mol. The SMILES string of the molecule is Cc1nc(Cl)nc(N(C)Cc2ccccc2F)c1[N+](=O)[O-]. The summed E-state index contributed by atoms with van der Waals surface area (Å²) in [7, 11) is 1.58. The zero-order valence-electron chi connectivity index (χ0n) is 11.4. The van der Waals surface area contributed by atoms with Crippen LogP contribution < -0.4 is 4.90 Å². The number of anilines is 1. The Balaban J connectivity index is 2.41. The van der Waals surface area contributed by atoms with E-state index in [2.05, 4.69) is 9.97 Å². The molecule has 2 aromatic rings. The first-order chi connectivity index (χ1) is 9.90. The van der Waals surface area contributed by atoms with Gasteiger partial charge in [0.15, 0.2) is 0 Å². The quantitative estimate of drug-likeness (QED) is 0.493. The molecule has 8 heteroatoms. The van der Waals surface area contributed by atoms with Crippen molar-refractivity contribution >= 4 is 23.1 Å². The molecule has 0 unspecified atom stereocenters. The molecule has 1 aromatic heterocycles. The second kappa shape index (κ2) is 6.01. The fourth-order valence-electron chi connectivity index (χ4n) is 1.96. The van der Waals surface area contributed by atoms with Crippen LogP contribution in [0.15, 0.2) is 24.3 Å². The molecule has 0 atom stereocenters. The molecule has 1 heterocycles. The van der Waals surface area contributed by atoms with E-state index in [1.54, 1.807) is 25.2 Å². The van der Waals surface area contributed by atoms with Crippen molar-refractivity contribution in [3.63, 3.8) is 0 Å². The standard InChI is InChI=1S/C13H12ClFN4O2/c1-8-11(19(20)21)12(17-13(14)16-8)18(2)7-9-5-3-4-6-10(9)15/h3-6H,7H2,1-2H3. The van der Waals surface area contributed by atoms with Crippen molar-refractivity contribution in [2.75, 3.05) is 11.9 Å². The molecule has 2 rings (SSSR count). The summed E-state index contributed by atoms with van der Waals surface area (Å²) in [4.78, 5) is 19.7. The van der Waals surface area contributed by atoms with Gasteiger partial charge in [-0.1, -0.05) is 18.2 Å². The molecule has 0 aliphatic carbocycles. The third-order valence-corrected chi connectivity index (χ3v) is 3.09. The topological polar surface area (TPSA) is 72.2 Å². The molecule has 0 radical (unpaired) electrons. The smallest absolute Gasteiger partial charge is 0.332 e. The first kappa shape index (κ1) is 15.1. The maximum absolute atomic E-state index is 13.7. The lowest BCUT2D eigenvalue weighted by Gasteiger charge is -2.19. The predicted molar refractivity (Wildman–Crippen MR) is 76.9 cm³/mol. The average molecular weight is 311 g/mol. The molecule has 6 nitrogen and oxygen atoms in total. The van der Waals surface area contributed by atoms with Crippen molar-refractivity contribution in [1.29, 1.82) is 0 Å². The summed E-state index contributed by atoms with van der Waals surface area (Å²) < 4.78 is 13.7. The summed E-state index contributed by atoms with van der Waals surface area (Å²) in [5, 5.41) is 11.1. The number of benzene rings is 1. The number of aromatic nitrogens is 2. The summed E-state index contributed by atoms with van der Waals surface area (Å²) in [6, 6.07) is 6.20. The monoisotopic (exact) mass is 310 g/mol. The number of hydrogen-bond acceptors (Lipinski definition) is 5. The number of rotatable bonds is 4. The lowest BCUT2D eigenvalue weighted by atomic mass is 10.2. The van der Waals surface area contributed by atoms with Crippen LogP contribution in [0.3, 0.4) is 0 Å². The predicted octanol–water partition coefficient (Wildman–Crippen LogP) is 3.12. The fraction of sp³-hybridized carbons (Fsp3) is 0.231. The summed E-state index contributed by atoms with van der Waals surface area (Å²) in [5.41, 5.74) is 0.329. The first-order valence-electron chi connectivity index (χ1n) is 6.03. The van der Waals surface area contributed by atoms with Gasteiger partial charge in [-0.3, -0.25) is 10.1 Å². The summed E-state index contributed by atoms with van der Waals surface area (Å²) >= 11 is 5.76. The highest BCUT2D eigenvalue weighted by atomic mass is 35.5. The number of aryl methyl sites for hydroxylation is 1. The summed E-state index contributed by atoms with van der Waals surface area (Å²) in [6.45, 7) is 1.60. The summed E-state index contributed by atoms with van der Waals surface area (Å²) in [5.74, 6) is -0.329. The molecule has 0 saturated carbocycles. The molecule has 21 heavy (non-hydrogen) atoms. The average Bonchev–Trinajstić information content (AvgIpc) is 2.39. The Bertz CT molecular complexity index is 696. The van der Waals surface area contributed by atoms with Crippen molar-refractivity contribution in [2.24, 2.45) is 0 Å². The number of nitro groups is 1. The van der Waals surface area contributed by atoms with E-state index < -0.39 is 4.92 Å². The van der Waals surface area contributed by atoms with Gasteiger partial charge < -0.3 is 4.90 Å². The Morgan fingerprint density at radius 3 is 2.67 bits per heavy atom. The van der Waals surface area contributed by atoms with Crippen molar-refractivity contribution in [3.05, 3.63) is 56.7 Å². The van der Waals surface area contributed by atoms with Gasteiger partial charge in [0.05, 0.1) is 4.92 Å². The molecule has 0 amide bonds. The zero-order valence-corrected chi connectivity index (χ0v) is 12.1. The minimum Gasteiger partial charge on any atom is -0.349 e. The van der Waals surface area contributed by atoms with Gasteiger partial charge in [-0.2, -0.15) is 4.98 Å². The highest BCUT2D eigenvalue weighted by Crippen LogP contribution is 2.30. The fourth-order valence-corrected chi connectivity index (χ4v) is 2.16. The third-order valence-electron chi connectivity index (χ3n) is 2.92. The normalized spacial score (nSPS) is 10.5. The largest absolute Gasteiger partial charge is 0.349 e. The Morgan fingerprint density at radius 1 is 1.38 bits per heavy atom. The lowest BCUT2D eigenvalue weighted by Crippen LogP contribution is -2.20. The van der Waals surface area contributed by atoms with Crippen LogP contribution in [-0.2, 0) is 6.54 Å². The van der Waals surface area contributed by atoms with Gasteiger partial charge in [0.1, 0.15) is 11.5 Å². The van der Waals surface area contributed by atoms with E-state index in [-0.39, 0.29) is 34.8 Å². The molecule has 0 N–H and O–H groups in total. The number of nitrogens with zero attached hydrogens (tertiary/aromatic N) is 4. The van der Waals surface area contributed by atoms with Crippen LogP contribution in [0, 0.1) is 22.9 Å². The Labute approximate surface area is 125 Å². The maximum Gasteiger partial charge on any atom is 0.332 e. The molecule has 0 saturated heterocycles. The van der Waals surface area contributed by atoms with Gasteiger partial charge >= 0.3 is 5.69 Å². The van der Waals surface area contributed by atoms with Crippen molar-refractivity contribution in [1.82, 2.24) is 9.97 Å². The summed E-state index contributed by atoms with van der Waals surface area (Å²) in [6.07, 6.45) is 0. The van der Waals surface area contributed by atoms with E-state index in [0.717, 1.165) is 0 Å². The van der Waals surface area contributed by atoms with Crippen molar-refractivity contribution in [2.45, 2.75) is 13.5 Å². The Hall–Kier alpha value is -2.28. The van der Waals surface area contributed by atoms with Gasteiger partial charge in [-0.15, -0.1) is 0 Å². The van der Waals surface area contributed by atoms with Crippen molar-refractivity contribution < 1.29 is 9.31 Å². The van der Waals surface area contributed by atoms with E-state index in [1.807, 2.05) is 0 Å². The van der Waals surface area contributed by atoms with Crippen LogP contribution in [-0.4, -0.2) is 21.9 Å². The zero-order chi connectivity index (χ0) is 15.6. The van der Waals surface area contributed by atoms with Crippen LogP contribution in [0.1, 0.15) is 11.3 Å². The van der Waals surface area contributed by atoms with Gasteiger partial charge in [0.2, 0.25) is 11.1 Å². The maximum atomic E-state index is 13.7. The van der Waals surface area contributed by atoms with E-state index in [4.69, 9.17) is 11.6 Å². The highest BCUT2D eigenvalue weighted by molar-refractivity contribution is 6.28. The molecular formula is C13H12ClFN4O2. The number of halogens is 2. The van der Waals surface area contributed by atoms with Crippen LogP contribution in [0.4, 0.5) is 15.9 Å². The molecule has 0 spiro atoms. The molecule has 0 aliphatic rings. The van der Waals surface area contributed by atoms with Crippen LogP contribution in [0.5, 0.6) is 0 Å². The molecule has 1 aromatic carbocycles. The Morgan fingerprint density at radius 2 is 2.05 bits per heavy atom. The van der Waals surface area contributed by atoms with Gasteiger partial charge in [0.25, 0.3) is 0 Å². The van der Waals surface area contributed by atoms with Crippen molar-refractivity contribution in [3.8, 4) is 0 Å².